The molecule has 252 valence electrons. The number of nitrogens with zero attached hydrogens (tertiary/aromatic N) is 4. The number of piperidine rings is 2. The van der Waals surface area contributed by atoms with Crippen LogP contribution in [0.5, 0.6) is 0 Å². The SMILES string of the molecule is CC(C)(O)c1cc2nn(C3CCN(Cc4ccc(NC5CCC(=O)NC5=O)cc4)CC3)cc2cc1NC(=O)c1cccc(C(F)(F)F)n1. The molecule has 2 aromatic carbocycles. The molecule has 0 bridgehead atoms. The number of pyridine rings is 1. The molecular formula is C34H36F3N7O4. The predicted molar refractivity (Wildman–Crippen MR) is 172 cm³/mol. The molecule has 2 aliphatic heterocycles. The number of halogens is 3. The molecule has 3 amide bonds. The molecule has 0 spiro atoms. The standard InChI is InChI=1S/C34H36F3N7O4/c1-33(2,48)24-17-27-21(16-28(24)40-31(46)25-4-3-5-29(39-25)34(35,36)37)19-44(42-27)23-12-14-43(15-13-23)18-20-6-8-22(9-7-20)38-26-10-11-30(45)41-32(26)47/h3-9,16-17,19,23,26,38,48H,10-15,18H2,1-2H3,(H,40,46)(H,41,45,47). The van der Waals surface area contributed by atoms with E-state index in [0.717, 1.165) is 55.9 Å². The average molecular weight is 664 g/mol. The van der Waals surface area contributed by atoms with E-state index in [1.165, 1.54) is 6.07 Å². The van der Waals surface area contributed by atoms with Gasteiger partial charge in [-0.15, -0.1) is 0 Å². The lowest BCUT2D eigenvalue weighted by Crippen LogP contribution is -2.47. The normalized spacial score (nSPS) is 18.2. The molecule has 0 aliphatic carbocycles. The molecule has 4 N–H and O–H groups in total. The summed E-state index contributed by atoms with van der Waals surface area (Å²) in [6.07, 6.45) is -0.318. The third-order valence-electron chi connectivity index (χ3n) is 8.71. The van der Waals surface area contributed by atoms with Gasteiger partial charge in [0.05, 0.1) is 17.2 Å². The highest BCUT2D eigenvalue weighted by molar-refractivity contribution is 6.04. The van der Waals surface area contributed by atoms with Crippen molar-refractivity contribution >= 4 is 40.0 Å². The van der Waals surface area contributed by atoms with Crippen LogP contribution in [0, 0.1) is 0 Å². The van der Waals surface area contributed by atoms with Crippen LogP contribution in [0.25, 0.3) is 10.9 Å². The molecule has 2 fully saturated rings. The minimum absolute atomic E-state index is 0.131. The van der Waals surface area contributed by atoms with E-state index in [1.807, 2.05) is 35.1 Å². The van der Waals surface area contributed by atoms with Gasteiger partial charge in [-0.3, -0.25) is 29.3 Å². The van der Waals surface area contributed by atoms with Crippen molar-refractivity contribution in [1.82, 2.24) is 25.0 Å². The van der Waals surface area contributed by atoms with Gasteiger partial charge in [0.15, 0.2) is 0 Å². The molecular weight excluding hydrogens is 627 g/mol. The minimum atomic E-state index is -4.69. The van der Waals surface area contributed by atoms with E-state index >= 15 is 0 Å². The largest absolute Gasteiger partial charge is 0.433 e. The third-order valence-corrected chi connectivity index (χ3v) is 8.71. The Balaban J connectivity index is 1.10. The van der Waals surface area contributed by atoms with Gasteiger partial charge in [-0.1, -0.05) is 18.2 Å². The van der Waals surface area contributed by atoms with Gasteiger partial charge in [-0.25, -0.2) is 4.98 Å². The molecule has 0 saturated carbocycles. The Bertz CT molecular complexity index is 1840. The summed E-state index contributed by atoms with van der Waals surface area (Å²) in [6.45, 7) is 5.57. The number of nitrogens with one attached hydrogen (secondary N) is 3. The number of carbonyl (C=O) groups excluding carboxylic acids is 3. The molecule has 1 atom stereocenters. The van der Waals surface area contributed by atoms with Crippen LogP contribution in [-0.4, -0.2) is 61.6 Å². The quantitative estimate of drug-likeness (QED) is 0.194. The molecule has 0 radical (unpaired) electrons. The van der Waals surface area contributed by atoms with Crippen LogP contribution >= 0.6 is 0 Å². The van der Waals surface area contributed by atoms with Crippen molar-refractivity contribution in [3.05, 3.63) is 83.3 Å². The highest BCUT2D eigenvalue weighted by Gasteiger charge is 2.33. The second-order valence-corrected chi connectivity index (χ2v) is 12.8. The molecule has 6 rings (SSSR count). The van der Waals surface area contributed by atoms with Crippen molar-refractivity contribution in [3.63, 3.8) is 0 Å². The molecule has 1 unspecified atom stereocenters. The lowest BCUT2D eigenvalue weighted by molar-refractivity contribution is -0.141. The zero-order valence-electron chi connectivity index (χ0n) is 26.5. The fourth-order valence-electron chi connectivity index (χ4n) is 6.13. The van der Waals surface area contributed by atoms with Crippen molar-refractivity contribution in [2.45, 2.75) is 69.9 Å². The van der Waals surface area contributed by atoms with Crippen LogP contribution in [0.2, 0.25) is 0 Å². The summed E-state index contributed by atoms with van der Waals surface area (Å²) in [7, 11) is 0. The lowest BCUT2D eigenvalue weighted by Gasteiger charge is -2.32. The summed E-state index contributed by atoms with van der Waals surface area (Å²) in [6, 6.07) is 14.1. The molecule has 11 nitrogen and oxygen atoms in total. The van der Waals surface area contributed by atoms with E-state index in [4.69, 9.17) is 5.10 Å². The van der Waals surface area contributed by atoms with Gasteiger partial charge in [0, 0.05) is 54.6 Å². The number of hydrogen-bond acceptors (Lipinski definition) is 8. The maximum absolute atomic E-state index is 13.2. The molecule has 14 heteroatoms. The molecule has 2 aliphatic rings. The van der Waals surface area contributed by atoms with Crippen molar-refractivity contribution in [3.8, 4) is 0 Å². The highest BCUT2D eigenvalue weighted by Crippen LogP contribution is 2.34. The second-order valence-electron chi connectivity index (χ2n) is 12.8. The van der Waals surface area contributed by atoms with Crippen LogP contribution in [0.15, 0.2) is 60.8 Å². The van der Waals surface area contributed by atoms with Gasteiger partial charge in [-0.2, -0.15) is 18.3 Å². The summed E-state index contributed by atoms with van der Waals surface area (Å²) < 4.78 is 41.4. The average Bonchev–Trinajstić information content (AvgIpc) is 3.46. The first kappa shape index (κ1) is 33.1. The van der Waals surface area contributed by atoms with Gasteiger partial charge >= 0.3 is 6.18 Å². The van der Waals surface area contributed by atoms with Gasteiger partial charge in [0.2, 0.25) is 11.8 Å². The Labute approximate surface area is 274 Å². The Morgan fingerprint density at radius 2 is 1.77 bits per heavy atom. The molecule has 48 heavy (non-hydrogen) atoms. The van der Waals surface area contributed by atoms with Crippen LogP contribution in [0.1, 0.15) is 72.9 Å². The number of amides is 3. The van der Waals surface area contributed by atoms with E-state index < -0.39 is 35.1 Å². The first-order valence-corrected chi connectivity index (χ1v) is 15.8. The summed E-state index contributed by atoms with van der Waals surface area (Å²) in [5.41, 5.74) is 0.261. The maximum atomic E-state index is 13.2. The summed E-state index contributed by atoms with van der Waals surface area (Å²) in [4.78, 5) is 42.2. The fourth-order valence-corrected chi connectivity index (χ4v) is 6.13. The summed E-state index contributed by atoms with van der Waals surface area (Å²) in [5, 5.41) is 24.6. The number of carbonyl (C=O) groups is 3. The second kappa shape index (κ2) is 13.0. The Kier molecular flexibility index (Phi) is 8.96. The number of fused-ring (bicyclic) bond motifs is 1. The number of aromatic nitrogens is 3. The van der Waals surface area contributed by atoms with Crippen molar-refractivity contribution < 1.29 is 32.7 Å². The third kappa shape index (κ3) is 7.50. The van der Waals surface area contributed by atoms with Crippen molar-refractivity contribution in [2.24, 2.45) is 0 Å². The van der Waals surface area contributed by atoms with E-state index in [0.29, 0.717) is 29.3 Å². The number of likely N-dealkylation sites (tertiary alicyclic amines) is 1. The lowest BCUT2D eigenvalue weighted by atomic mass is 9.95. The first-order valence-electron chi connectivity index (χ1n) is 15.8. The van der Waals surface area contributed by atoms with E-state index in [1.54, 1.807) is 26.0 Å². The number of alkyl halides is 3. The van der Waals surface area contributed by atoms with Crippen LogP contribution < -0.4 is 16.0 Å². The fraction of sp³-hybridized carbons (Fsp3) is 0.382. The molecule has 2 saturated heterocycles. The Morgan fingerprint density at radius 3 is 2.44 bits per heavy atom. The van der Waals surface area contributed by atoms with Gasteiger partial charge < -0.3 is 15.7 Å². The monoisotopic (exact) mass is 663 g/mol. The number of benzene rings is 2. The number of anilines is 2. The number of imide groups is 1. The first-order chi connectivity index (χ1) is 22.7. The number of hydrogen-bond donors (Lipinski definition) is 4. The highest BCUT2D eigenvalue weighted by atomic mass is 19.4. The van der Waals surface area contributed by atoms with E-state index in [2.05, 4.69) is 25.8 Å². The van der Waals surface area contributed by atoms with Crippen LogP contribution in [0.3, 0.4) is 0 Å². The topological polar surface area (TPSA) is 141 Å². The number of rotatable bonds is 8. The summed E-state index contributed by atoms with van der Waals surface area (Å²) in [5.74, 6) is -1.38. The molecule has 2 aromatic heterocycles. The zero-order valence-corrected chi connectivity index (χ0v) is 26.5. The minimum Gasteiger partial charge on any atom is -0.386 e. The molecule has 4 aromatic rings. The van der Waals surface area contributed by atoms with E-state index in [9.17, 15) is 32.7 Å². The van der Waals surface area contributed by atoms with Gasteiger partial charge in [0.1, 0.15) is 17.4 Å². The van der Waals surface area contributed by atoms with Gasteiger partial charge in [-0.05, 0) is 75.1 Å². The molecule has 4 heterocycles. The van der Waals surface area contributed by atoms with E-state index in [-0.39, 0.29) is 23.5 Å². The summed E-state index contributed by atoms with van der Waals surface area (Å²) >= 11 is 0. The Hall–Kier alpha value is -4.82. The van der Waals surface area contributed by atoms with Crippen LogP contribution in [-0.2, 0) is 27.9 Å². The zero-order chi connectivity index (χ0) is 34.2. The Morgan fingerprint density at radius 1 is 1.04 bits per heavy atom. The van der Waals surface area contributed by atoms with Crippen molar-refractivity contribution in [1.29, 1.82) is 0 Å². The van der Waals surface area contributed by atoms with Crippen molar-refractivity contribution in [2.75, 3.05) is 23.7 Å². The number of aliphatic hydroxyl groups is 1. The predicted octanol–water partition coefficient (Wildman–Crippen LogP) is 4.98. The van der Waals surface area contributed by atoms with Crippen LogP contribution in [0.4, 0.5) is 24.5 Å². The smallest absolute Gasteiger partial charge is 0.386 e. The maximum Gasteiger partial charge on any atom is 0.433 e. The van der Waals surface area contributed by atoms with Gasteiger partial charge in [0.25, 0.3) is 5.91 Å².